The highest BCUT2D eigenvalue weighted by molar-refractivity contribution is 7.92. The fraction of sp³-hybridized carbons (Fsp3) is 0.500. The topological polar surface area (TPSA) is 89.5 Å². The Hall–Kier alpha value is -1.74. The normalized spacial score (nSPS) is 22.3. The lowest BCUT2D eigenvalue weighted by Gasteiger charge is -2.44. The minimum Gasteiger partial charge on any atom is -0.381 e. The molecule has 1 saturated heterocycles. The van der Waals surface area contributed by atoms with Crippen molar-refractivity contribution in [3.8, 4) is 0 Å². The number of hydrogen-bond acceptors (Lipinski definition) is 5. The Bertz CT molecular complexity index is 1260. The summed E-state index contributed by atoms with van der Waals surface area (Å²) in [5.41, 5.74) is 2.01. The van der Waals surface area contributed by atoms with Gasteiger partial charge in [0.05, 0.1) is 14.7 Å². The van der Waals surface area contributed by atoms with Crippen LogP contribution >= 0.6 is 0 Å². The van der Waals surface area contributed by atoms with Crippen LogP contribution in [0.1, 0.15) is 61.6 Å². The van der Waals surface area contributed by atoms with Crippen LogP contribution < -0.4 is 4.72 Å². The van der Waals surface area contributed by atoms with Crippen LogP contribution in [-0.2, 0) is 30.0 Å². The molecule has 1 spiro atoms. The quantitative estimate of drug-likeness (QED) is 0.728. The van der Waals surface area contributed by atoms with Crippen LogP contribution in [0.2, 0.25) is 0 Å². The van der Waals surface area contributed by atoms with E-state index in [0.29, 0.717) is 31.0 Å². The van der Waals surface area contributed by atoms with Crippen molar-refractivity contribution in [2.75, 3.05) is 13.2 Å². The zero-order valence-corrected chi connectivity index (χ0v) is 19.9. The van der Waals surface area contributed by atoms with Gasteiger partial charge in [-0.1, -0.05) is 37.5 Å². The van der Waals surface area contributed by atoms with Gasteiger partial charge in [0.15, 0.2) is 0 Å². The summed E-state index contributed by atoms with van der Waals surface area (Å²) in [5, 5.41) is 0. The molecule has 2 heterocycles. The van der Waals surface area contributed by atoms with E-state index in [-0.39, 0.29) is 21.2 Å². The van der Waals surface area contributed by atoms with Crippen LogP contribution in [0.3, 0.4) is 0 Å². The molecule has 2 aromatic carbocycles. The number of aryl methyl sites for hydroxylation is 1. The molecule has 0 unspecified atom stereocenters. The predicted octanol–water partition coefficient (Wildman–Crippen LogP) is 3.85. The Morgan fingerprint density at radius 1 is 1.00 bits per heavy atom. The molecule has 2 aromatic rings. The van der Waals surface area contributed by atoms with Gasteiger partial charge in [-0.15, -0.1) is 0 Å². The van der Waals surface area contributed by atoms with Crippen molar-refractivity contribution in [3.05, 3.63) is 53.1 Å². The smallest absolute Gasteiger partial charge is 0.240 e. The third-order valence-corrected chi connectivity index (χ3v) is 10.6. The van der Waals surface area contributed by atoms with Gasteiger partial charge in [0.2, 0.25) is 19.9 Å². The number of nitrogens with one attached hydrogen (secondary N) is 1. The van der Waals surface area contributed by atoms with Crippen molar-refractivity contribution in [3.63, 3.8) is 0 Å². The summed E-state index contributed by atoms with van der Waals surface area (Å²) in [6, 6.07) is 10.1. The maximum absolute atomic E-state index is 13.7. The number of sulfonamides is 1. The number of fused-ring (bicyclic) bond motifs is 4. The predicted molar refractivity (Wildman–Crippen MR) is 121 cm³/mol. The molecule has 32 heavy (non-hydrogen) atoms. The lowest BCUT2D eigenvalue weighted by molar-refractivity contribution is 0.0832. The summed E-state index contributed by atoms with van der Waals surface area (Å²) < 4.78 is 61.9. The number of rotatable bonds is 3. The number of sulfone groups is 1. The largest absolute Gasteiger partial charge is 0.381 e. The SMILES string of the molecule is Cc1cc(S(=O)(=O)NC2CCOCC2)cc2c1C1(CCCCC1)c1ccccc1S2(=O)=O. The molecule has 0 amide bonds. The number of benzene rings is 2. The van der Waals surface area contributed by atoms with Crippen LogP contribution in [-0.4, -0.2) is 36.1 Å². The standard InChI is InChI=1S/C24H29NO5S2/c1-17-15-19(32(28,29)25-18-9-13-30-14-10-18)16-22-23(17)24(11-5-2-6-12-24)20-7-3-4-8-21(20)31(22,26)27/h3-4,7-8,15-16,18,25H,2,5-6,9-14H2,1H3. The maximum Gasteiger partial charge on any atom is 0.240 e. The molecule has 0 atom stereocenters. The number of hydrogen-bond donors (Lipinski definition) is 1. The van der Waals surface area contributed by atoms with E-state index in [9.17, 15) is 16.8 Å². The van der Waals surface area contributed by atoms with E-state index in [2.05, 4.69) is 4.72 Å². The molecule has 8 heteroatoms. The van der Waals surface area contributed by atoms with Crippen molar-refractivity contribution >= 4 is 19.9 Å². The molecular weight excluding hydrogens is 446 g/mol. The minimum absolute atomic E-state index is 0.0224. The Morgan fingerprint density at radius 2 is 1.69 bits per heavy atom. The fourth-order valence-electron chi connectivity index (χ4n) is 5.83. The molecule has 6 nitrogen and oxygen atoms in total. The Kier molecular flexibility index (Phi) is 5.47. The Balaban J connectivity index is 1.69. The first-order chi connectivity index (χ1) is 15.3. The van der Waals surface area contributed by atoms with Gasteiger partial charge in [0.1, 0.15) is 0 Å². The molecule has 172 valence electrons. The highest BCUT2D eigenvalue weighted by atomic mass is 32.2. The van der Waals surface area contributed by atoms with Crippen LogP contribution in [0.25, 0.3) is 0 Å². The van der Waals surface area contributed by atoms with E-state index >= 15 is 0 Å². The second-order valence-electron chi connectivity index (χ2n) is 9.26. The van der Waals surface area contributed by atoms with E-state index in [0.717, 1.165) is 48.8 Å². The molecule has 2 fully saturated rings. The van der Waals surface area contributed by atoms with E-state index in [1.54, 1.807) is 18.2 Å². The molecule has 0 aromatic heterocycles. The Morgan fingerprint density at radius 3 is 2.41 bits per heavy atom. The van der Waals surface area contributed by atoms with Crippen LogP contribution in [0.5, 0.6) is 0 Å². The fourth-order valence-corrected chi connectivity index (χ4v) is 9.28. The molecule has 2 aliphatic heterocycles. The number of ether oxygens (including phenoxy) is 1. The Labute approximate surface area is 190 Å². The minimum atomic E-state index is -3.86. The molecule has 1 aliphatic carbocycles. The molecule has 0 radical (unpaired) electrons. The first-order valence-electron chi connectivity index (χ1n) is 11.4. The highest BCUT2D eigenvalue weighted by Crippen LogP contribution is 2.54. The van der Waals surface area contributed by atoms with Crippen LogP contribution in [0.4, 0.5) is 0 Å². The summed E-state index contributed by atoms with van der Waals surface area (Å²) in [5.74, 6) is 0. The van der Waals surface area contributed by atoms with Gasteiger partial charge >= 0.3 is 0 Å². The van der Waals surface area contributed by atoms with E-state index in [1.165, 1.54) is 6.07 Å². The summed E-state index contributed by atoms with van der Waals surface area (Å²) in [4.78, 5) is 0.500. The zero-order valence-electron chi connectivity index (χ0n) is 18.3. The maximum atomic E-state index is 13.7. The first kappa shape index (κ1) is 22.1. The van der Waals surface area contributed by atoms with Crippen molar-refractivity contribution in [2.45, 2.75) is 78.0 Å². The molecule has 1 saturated carbocycles. The second-order valence-corrected chi connectivity index (χ2v) is 12.9. The third kappa shape index (κ3) is 3.43. The lowest BCUT2D eigenvalue weighted by Crippen LogP contribution is -2.40. The van der Waals surface area contributed by atoms with Gasteiger partial charge < -0.3 is 4.74 Å². The monoisotopic (exact) mass is 475 g/mol. The van der Waals surface area contributed by atoms with Gasteiger partial charge in [0, 0.05) is 24.7 Å². The summed E-state index contributed by atoms with van der Waals surface area (Å²) >= 11 is 0. The molecule has 3 aliphatic rings. The van der Waals surface area contributed by atoms with Gasteiger partial charge in [-0.2, -0.15) is 0 Å². The summed E-state index contributed by atoms with van der Waals surface area (Å²) in [6.07, 6.45) is 6.15. The average molecular weight is 476 g/mol. The van der Waals surface area contributed by atoms with Crippen molar-refractivity contribution in [1.29, 1.82) is 0 Å². The van der Waals surface area contributed by atoms with Gasteiger partial charge in [-0.05, 0) is 67.5 Å². The molecule has 0 bridgehead atoms. The van der Waals surface area contributed by atoms with E-state index in [4.69, 9.17) is 4.74 Å². The highest BCUT2D eigenvalue weighted by Gasteiger charge is 2.48. The van der Waals surface area contributed by atoms with E-state index in [1.807, 2.05) is 19.1 Å². The average Bonchev–Trinajstić information content (AvgIpc) is 2.78. The second kappa shape index (κ2) is 7.94. The summed E-state index contributed by atoms with van der Waals surface area (Å²) in [7, 11) is -7.68. The van der Waals surface area contributed by atoms with Crippen molar-refractivity contribution < 1.29 is 21.6 Å². The first-order valence-corrected chi connectivity index (χ1v) is 14.3. The van der Waals surface area contributed by atoms with Gasteiger partial charge in [-0.3, -0.25) is 0 Å². The van der Waals surface area contributed by atoms with Crippen molar-refractivity contribution in [2.24, 2.45) is 0 Å². The van der Waals surface area contributed by atoms with Crippen molar-refractivity contribution in [1.82, 2.24) is 4.72 Å². The van der Waals surface area contributed by atoms with Crippen LogP contribution in [0, 0.1) is 6.92 Å². The molecule has 5 rings (SSSR count). The van der Waals surface area contributed by atoms with Gasteiger partial charge in [0.25, 0.3) is 0 Å². The third-order valence-electron chi connectivity index (χ3n) is 7.29. The lowest BCUT2D eigenvalue weighted by atomic mass is 9.64. The van der Waals surface area contributed by atoms with Gasteiger partial charge in [-0.25, -0.2) is 21.6 Å². The van der Waals surface area contributed by atoms with E-state index < -0.39 is 19.9 Å². The zero-order chi connectivity index (χ0) is 22.6. The van der Waals surface area contributed by atoms with Crippen LogP contribution in [0.15, 0.2) is 51.1 Å². The molecular formula is C24H29NO5S2. The molecule has 1 N–H and O–H groups in total. The summed E-state index contributed by atoms with van der Waals surface area (Å²) in [6.45, 7) is 2.89.